The minimum absolute atomic E-state index is 0.155. The molecule has 6 heteroatoms. The number of aliphatic hydroxyl groups excluding tert-OH is 1. The number of hydrogen-bond acceptors (Lipinski definition) is 4. The van der Waals surface area contributed by atoms with Crippen LogP contribution in [0.25, 0.3) is 0 Å². The molecule has 5 nitrogen and oxygen atoms in total. The zero-order valence-corrected chi connectivity index (χ0v) is 21.9. The van der Waals surface area contributed by atoms with Crippen LogP contribution in [-0.4, -0.2) is 55.3 Å². The van der Waals surface area contributed by atoms with E-state index in [-0.39, 0.29) is 17.7 Å². The fourth-order valence-electron chi connectivity index (χ4n) is 4.65. The molecule has 1 aliphatic heterocycles. The molecule has 2 aromatic rings. The van der Waals surface area contributed by atoms with Crippen molar-refractivity contribution in [1.82, 2.24) is 4.90 Å². The van der Waals surface area contributed by atoms with Crippen molar-refractivity contribution in [2.24, 2.45) is 0 Å². The maximum Gasteiger partial charge on any atom is 0.410 e. The van der Waals surface area contributed by atoms with Crippen molar-refractivity contribution in [3.05, 3.63) is 60.7 Å². The number of hydrogen-bond donors (Lipinski definition) is 1. The zero-order chi connectivity index (χ0) is 24.3. The topological polar surface area (TPSA) is 59.0 Å². The van der Waals surface area contributed by atoms with Crippen molar-refractivity contribution in [3.8, 4) is 0 Å². The van der Waals surface area contributed by atoms with Crippen LogP contribution in [0.3, 0.4) is 0 Å². The highest BCUT2D eigenvalue weighted by Gasteiger charge is 2.51. The van der Waals surface area contributed by atoms with Gasteiger partial charge in [-0.1, -0.05) is 81.4 Å². The molecular weight excluding hydrogens is 430 g/mol. The summed E-state index contributed by atoms with van der Waals surface area (Å²) in [5.41, 5.74) is -0.595. The van der Waals surface area contributed by atoms with Gasteiger partial charge in [0.1, 0.15) is 5.60 Å². The first-order valence-electron chi connectivity index (χ1n) is 11.9. The minimum atomic E-state index is -2.75. The third-order valence-electron chi connectivity index (χ3n) is 6.09. The van der Waals surface area contributed by atoms with Gasteiger partial charge in [0, 0.05) is 6.54 Å². The Kier molecular flexibility index (Phi) is 7.71. The fourth-order valence-corrected chi connectivity index (χ4v) is 9.36. The Morgan fingerprint density at radius 2 is 1.39 bits per heavy atom. The van der Waals surface area contributed by atoms with Crippen LogP contribution in [0, 0.1) is 0 Å². The third kappa shape index (κ3) is 6.05. The predicted molar refractivity (Wildman–Crippen MR) is 136 cm³/mol. The van der Waals surface area contributed by atoms with E-state index in [0.717, 1.165) is 0 Å². The summed E-state index contributed by atoms with van der Waals surface area (Å²) in [5, 5.41) is 12.8. The molecule has 1 fully saturated rings. The lowest BCUT2D eigenvalue weighted by Gasteiger charge is -2.45. The molecule has 33 heavy (non-hydrogen) atoms. The average Bonchev–Trinajstić information content (AvgIpc) is 2.92. The lowest BCUT2D eigenvalue weighted by atomic mass is 10.1. The molecule has 1 N–H and O–H groups in total. The standard InChI is InChI=1S/C27H39NO4Si/c1-26(2,3)31-25(30)28-19-21(29)17-18-22(20-28)32-33(27(4,5)6,23-13-9-7-10-14-23)24-15-11-8-12-16-24/h7-16,21-22,29H,17-20H2,1-6H3/t21-,22+/m0/s1. The molecule has 0 aromatic heterocycles. The number of likely N-dealkylation sites (tertiary alicyclic amines) is 1. The van der Waals surface area contributed by atoms with Crippen LogP contribution in [0.4, 0.5) is 4.79 Å². The second-order valence-corrected chi connectivity index (χ2v) is 15.3. The van der Waals surface area contributed by atoms with Crippen molar-refractivity contribution in [2.75, 3.05) is 13.1 Å². The molecule has 0 unspecified atom stereocenters. The molecular formula is C27H39NO4Si. The number of rotatable bonds is 4. The second kappa shape index (κ2) is 10.00. The molecule has 1 aliphatic rings. The van der Waals surface area contributed by atoms with Gasteiger partial charge in [0.2, 0.25) is 0 Å². The molecule has 2 atom stereocenters. The minimum Gasteiger partial charge on any atom is -0.444 e. The van der Waals surface area contributed by atoms with Crippen molar-refractivity contribution < 1.29 is 19.1 Å². The lowest BCUT2D eigenvalue weighted by molar-refractivity contribution is 0.0121. The van der Waals surface area contributed by atoms with E-state index >= 15 is 0 Å². The summed E-state index contributed by atoms with van der Waals surface area (Å²) in [5.74, 6) is 0. The van der Waals surface area contributed by atoms with Gasteiger partial charge in [-0.3, -0.25) is 0 Å². The molecule has 1 heterocycles. The van der Waals surface area contributed by atoms with E-state index < -0.39 is 26.1 Å². The van der Waals surface area contributed by atoms with Crippen LogP contribution in [0.15, 0.2) is 60.7 Å². The number of carbonyl (C=O) groups excluding carboxylic acids is 1. The van der Waals surface area contributed by atoms with Gasteiger partial charge in [-0.15, -0.1) is 0 Å². The van der Waals surface area contributed by atoms with Gasteiger partial charge >= 0.3 is 6.09 Å². The average molecular weight is 470 g/mol. The van der Waals surface area contributed by atoms with E-state index in [1.165, 1.54) is 10.4 Å². The van der Waals surface area contributed by atoms with Crippen molar-refractivity contribution in [2.45, 2.75) is 77.2 Å². The number of ether oxygens (including phenoxy) is 1. The highest BCUT2D eigenvalue weighted by atomic mass is 28.4. The van der Waals surface area contributed by atoms with Crippen LogP contribution < -0.4 is 10.4 Å². The monoisotopic (exact) mass is 469 g/mol. The summed E-state index contributed by atoms with van der Waals surface area (Å²) in [6.45, 7) is 13.0. The molecule has 0 aliphatic carbocycles. The Bertz CT molecular complexity index is 866. The summed E-state index contributed by atoms with van der Waals surface area (Å²) in [6.07, 6.45) is 0.0679. The van der Waals surface area contributed by atoms with Gasteiger partial charge in [-0.05, 0) is 49.0 Å². The first-order chi connectivity index (χ1) is 15.4. The summed E-state index contributed by atoms with van der Waals surface area (Å²) >= 11 is 0. The first kappa shape index (κ1) is 25.5. The summed E-state index contributed by atoms with van der Waals surface area (Å²) in [4.78, 5) is 14.5. The van der Waals surface area contributed by atoms with E-state index in [1.807, 2.05) is 32.9 Å². The number of amides is 1. The Morgan fingerprint density at radius 3 is 1.85 bits per heavy atom. The van der Waals surface area contributed by atoms with E-state index in [9.17, 15) is 9.90 Å². The summed E-state index contributed by atoms with van der Waals surface area (Å²) < 4.78 is 12.9. The molecule has 2 aromatic carbocycles. The fraction of sp³-hybridized carbons (Fsp3) is 0.519. The summed E-state index contributed by atoms with van der Waals surface area (Å²) in [7, 11) is -2.75. The van der Waals surface area contributed by atoms with E-state index in [0.29, 0.717) is 19.4 Å². The maximum absolute atomic E-state index is 12.9. The second-order valence-electron chi connectivity index (χ2n) is 11.0. The first-order valence-corrected chi connectivity index (χ1v) is 13.8. The van der Waals surface area contributed by atoms with Gasteiger partial charge in [0.15, 0.2) is 0 Å². The van der Waals surface area contributed by atoms with Gasteiger partial charge in [-0.2, -0.15) is 0 Å². The molecule has 0 radical (unpaired) electrons. The largest absolute Gasteiger partial charge is 0.444 e. The predicted octanol–water partition coefficient (Wildman–Crippen LogP) is 4.32. The molecule has 1 amide bonds. The van der Waals surface area contributed by atoms with Crippen molar-refractivity contribution in [1.29, 1.82) is 0 Å². The van der Waals surface area contributed by atoms with E-state index in [4.69, 9.17) is 9.16 Å². The number of β-amino-alcohol motifs (C(OH)–C–C–N with tert-alkyl or cyclic N) is 1. The molecule has 1 saturated heterocycles. The Morgan fingerprint density at radius 1 is 0.879 bits per heavy atom. The number of aliphatic hydroxyl groups is 1. The van der Waals surface area contributed by atoms with Crippen LogP contribution in [0.5, 0.6) is 0 Å². The van der Waals surface area contributed by atoms with Crippen molar-refractivity contribution >= 4 is 24.8 Å². The van der Waals surface area contributed by atoms with Crippen LogP contribution in [0.1, 0.15) is 54.4 Å². The quantitative estimate of drug-likeness (QED) is 0.678. The van der Waals surface area contributed by atoms with Crippen molar-refractivity contribution in [3.63, 3.8) is 0 Å². The normalized spacial score (nSPS) is 20.3. The highest BCUT2D eigenvalue weighted by Crippen LogP contribution is 2.38. The lowest BCUT2D eigenvalue weighted by Crippen LogP contribution is -2.68. The van der Waals surface area contributed by atoms with Crippen LogP contribution in [0.2, 0.25) is 5.04 Å². The van der Waals surface area contributed by atoms with Crippen LogP contribution in [-0.2, 0) is 9.16 Å². The molecule has 180 valence electrons. The smallest absolute Gasteiger partial charge is 0.410 e. The van der Waals surface area contributed by atoms with Gasteiger partial charge in [-0.25, -0.2) is 4.79 Å². The van der Waals surface area contributed by atoms with E-state index in [1.54, 1.807) is 4.90 Å². The summed E-state index contributed by atoms with van der Waals surface area (Å²) in [6, 6.07) is 21.0. The Labute approximate surface area is 199 Å². The molecule has 0 saturated carbocycles. The highest BCUT2D eigenvalue weighted by molar-refractivity contribution is 6.99. The zero-order valence-electron chi connectivity index (χ0n) is 20.9. The molecule has 0 bridgehead atoms. The van der Waals surface area contributed by atoms with Gasteiger partial charge < -0.3 is 19.2 Å². The van der Waals surface area contributed by atoms with Gasteiger partial charge in [0.25, 0.3) is 8.32 Å². The van der Waals surface area contributed by atoms with Crippen LogP contribution >= 0.6 is 0 Å². The third-order valence-corrected chi connectivity index (χ3v) is 11.2. The SMILES string of the molecule is CC(C)(C)OC(=O)N1C[C@@H](O)CC[C@@H](O[Si](c2ccccc2)(c2ccccc2)C(C)(C)C)C1. The Balaban J connectivity index is 2.02. The molecule has 3 rings (SSSR count). The number of nitrogens with zero attached hydrogens (tertiary/aromatic N) is 1. The van der Waals surface area contributed by atoms with Gasteiger partial charge in [0.05, 0.1) is 18.8 Å². The maximum atomic E-state index is 12.9. The number of benzene rings is 2. The number of carbonyl (C=O) groups is 1. The van der Waals surface area contributed by atoms with E-state index in [2.05, 4.69) is 69.3 Å². The molecule has 0 spiro atoms. The Hall–Kier alpha value is -2.15.